The van der Waals surface area contributed by atoms with Crippen LogP contribution in [-0.4, -0.2) is 36.6 Å². The predicted octanol–water partition coefficient (Wildman–Crippen LogP) is 3.81. The van der Waals surface area contributed by atoms with E-state index in [0.717, 1.165) is 56.7 Å². The molecule has 1 saturated heterocycles. The van der Waals surface area contributed by atoms with E-state index in [1.165, 1.54) is 0 Å². The van der Waals surface area contributed by atoms with Gasteiger partial charge in [-0.15, -0.1) is 0 Å². The third kappa shape index (κ3) is 4.11. The van der Waals surface area contributed by atoms with Gasteiger partial charge in [0.05, 0.1) is 6.61 Å². The normalized spacial score (nSPS) is 21.5. The minimum absolute atomic E-state index is 0.155. The van der Waals surface area contributed by atoms with Gasteiger partial charge in [0.1, 0.15) is 6.10 Å². The fourth-order valence-electron chi connectivity index (χ4n) is 3.47. The van der Waals surface area contributed by atoms with E-state index in [4.69, 9.17) is 9.47 Å². The van der Waals surface area contributed by atoms with E-state index in [2.05, 4.69) is 12.2 Å². The topological polar surface area (TPSA) is 38.8 Å². The molecule has 0 unspecified atom stereocenters. The zero-order valence-corrected chi connectivity index (χ0v) is 14.4. The van der Waals surface area contributed by atoms with Crippen molar-refractivity contribution in [1.82, 2.24) is 4.90 Å². The lowest BCUT2D eigenvalue weighted by Crippen LogP contribution is -2.44. The number of ether oxygens (including phenoxy) is 2. The predicted molar refractivity (Wildman–Crippen MR) is 94.3 cm³/mol. The first-order valence-electron chi connectivity index (χ1n) is 9.10. The first-order chi connectivity index (χ1) is 11.8. The molecule has 2 aliphatic rings. The Morgan fingerprint density at radius 1 is 1.12 bits per heavy atom. The Morgan fingerprint density at radius 3 is 2.54 bits per heavy atom. The zero-order chi connectivity index (χ0) is 16.8. The Bertz CT molecular complexity index is 576. The summed E-state index contributed by atoms with van der Waals surface area (Å²) in [4.78, 5) is 14.6. The van der Waals surface area contributed by atoms with Crippen molar-refractivity contribution in [2.24, 2.45) is 5.92 Å². The van der Waals surface area contributed by atoms with Crippen LogP contribution >= 0.6 is 0 Å². The van der Waals surface area contributed by atoms with Crippen LogP contribution in [0, 0.1) is 5.92 Å². The SMILES string of the molecule is CCOc1ccccc1OC1CCN(C(=O)[C@H]2CC=CCC2)CC1. The van der Waals surface area contributed by atoms with E-state index in [1.54, 1.807) is 0 Å². The second kappa shape index (κ2) is 8.22. The summed E-state index contributed by atoms with van der Waals surface area (Å²) >= 11 is 0. The average Bonchev–Trinajstić information content (AvgIpc) is 2.64. The molecule has 1 atom stereocenters. The van der Waals surface area contributed by atoms with E-state index in [-0.39, 0.29) is 12.0 Å². The second-order valence-electron chi connectivity index (χ2n) is 6.50. The van der Waals surface area contributed by atoms with Gasteiger partial charge in [0.2, 0.25) is 5.91 Å². The quantitative estimate of drug-likeness (QED) is 0.771. The lowest BCUT2D eigenvalue weighted by molar-refractivity contribution is -0.137. The Kier molecular flexibility index (Phi) is 5.78. The average molecular weight is 329 g/mol. The maximum absolute atomic E-state index is 12.6. The first kappa shape index (κ1) is 16.9. The zero-order valence-electron chi connectivity index (χ0n) is 14.4. The fourth-order valence-corrected chi connectivity index (χ4v) is 3.47. The number of hydrogen-bond donors (Lipinski definition) is 0. The molecular formula is C20H27NO3. The Labute approximate surface area is 144 Å². The molecule has 0 N–H and O–H groups in total. The number of amides is 1. The van der Waals surface area contributed by atoms with Crippen LogP contribution in [0.4, 0.5) is 0 Å². The number of hydrogen-bond acceptors (Lipinski definition) is 3. The molecule has 0 radical (unpaired) electrons. The highest BCUT2D eigenvalue weighted by Crippen LogP contribution is 2.30. The molecule has 24 heavy (non-hydrogen) atoms. The summed E-state index contributed by atoms with van der Waals surface area (Å²) in [5, 5.41) is 0. The van der Waals surface area contributed by atoms with Gasteiger partial charge >= 0.3 is 0 Å². The van der Waals surface area contributed by atoms with Gasteiger partial charge in [0, 0.05) is 31.8 Å². The van der Waals surface area contributed by atoms with Gasteiger partial charge in [-0.05, 0) is 38.3 Å². The molecule has 0 spiro atoms. The molecule has 130 valence electrons. The van der Waals surface area contributed by atoms with E-state index in [9.17, 15) is 4.79 Å². The van der Waals surface area contributed by atoms with Gasteiger partial charge in [-0.25, -0.2) is 0 Å². The van der Waals surface area contributed by atoms with Crippen LogP contribution in [0.3, 0.4) is 0 Å². The molecule has 1 heterocycles. The number of allylic oxidation sites excluding steroid dienone is 2. The van der Waals surface area contributed by atoms with E-state index < -0.39 is 0 Å². The summed E-state index contributed by atoms with van der Waals surface area (Å²) in [6.07, 6.45) is 9.17. The molecule has 1 fully saturated rings. The van der Waals surface area contributed by atoms with E-state index in [0.29, 0.717) is 12.5 Å². The molecular weight excluding hydrogens is 302 g/mol. The van der Waals surface area contributed by atoms with Crippen molar-refractivity contribution in [3.63, 3.8) is 0 Å². The third-order valence-corrected chi connectivity index (χ3v) is 4.81. The molecule has 0 saturated carbocycles. The second-order valence-corrected chi connectivity index (χ2v) is 6.50. The van der Waals surface area contributed by atoms with Crippen molar-refractivity contribution in [3.05, 3.63) is 36.4 Å². The Hall–Kier alpha value is -1.97. The van der Waals surface area contributed by atoms with Crippen LogP contribution in [0.15, 0.2) is 36.4 Å². The number of piperidine rings is 1. The van der Waals surface area contributed by atoms with Crippen molar-refractivity contribution < 1.29 is 14.3 Å². The van der Waals surface area contributed by atoms with Gasteiger partial charge in [-0.1, -0.05) is 24.3 Å². The third-order valence-electron chi connectivity index (χ3n) is 4.81. The van der Waals surface area contributed by atoms with Gasteiger partial charge in [0.25, 0.3) is 0 Å². The summed E-state index contributed by atoms with van der Waals surface area (Å²) in [6.45, 7) is 4.19. The molecule has 3 rings (SSSR count). The highest BCUT2D eigenvalue weighted by atomic mass is 16.5. The standard InChI is InChI=1S/C20H27NO3/c1-2-23-18-10-6-7-11-19(18)24-17-12-14-21(15-13-17)20(22)16-8-4-3-5-9-16/h3-4,6-7,10-11,16-17H,2,5,8-9,12-15H2,1H3/t16-/m0/s1. The number of para-hydroxylation sites is 2. The summed E-state index contributed by atoms with van der Waals surface area (Å²) in [5.74, 6) is 2.12. The van der Waals surface area contributed by atoms with Crippen LogP contribution in [0.25, 0.3) is 0 Å². The molecule has 4 nitrogen and oxygen atoms in total. The van der Waals surface area contributed by atoms with Crippen LogP contribution < -0.4 is 9.47 Å². The van der Waals surface area contributed by atoms with Crippen molar-refractivity contribution >= 4 is 5.91 Å². The van der Waals surface area contributed by atoms with Gasteiger partial charge in [0.15, 0.2) is 11.5 Å². The molecule has 0 bridgehead atoms. The van der Waals surface area contributed by atoms with E-state index in [1.807, 2.05) is 36.1 Å². The number of nitrogens with zero attached hydrogens (tertiary/aromatic N) is 1. The molecule has 1 aliphatic heterocycles. The van der Waals surface area contributed by atoms with Crippen LogP contribution in [-0.2, 0) is 4.79 Å². The highest BCUT2D eigenvalue weighted by molar-refractivity contribution is 5.79. The molecule has 1 aromatic carbocycles. The van der Waals surface area contributed by atoms with Crippen molar-refractivity contribution in [2.45, 2.75) is 45.1 Å². The van der Waals surface area contributed by atoms with Gasteiger partial charge < -0.3 is 14.4 Å². The minimum atomic E-state index is 0.155. The lowest BCUT2D eigenvalue weighted by Gasteiger charge is -2.34. The minimum Gasteiger partial charge on any atom is -0.490 e. The number of benzene rings is 1. The maximum Gasteiger partial charge on any atom is 0.226 e. The monoisotopic (exact) mass is 329 g/mol. The summed E-state index contributed by atoms with van der Waals surface area (Å²) in [6, 6.07) is 7.82. The van der Waals surface area contributed by atoms with E-state index >= 15 is 0 Å². The fraction of sp³-hybridized carbons (Fsp3) is 0.550. The number of likely N-dealkylation sites (tertiary alicyclic amines) is 1. The molecule has 1 aliphatic carbocycles. The highest BCUT2D eigenvalue weighted by Gasteiger charge is 2.29. The van der Waals surface area contributed by atoms with Crippen molar-refractivity contribution in [2.75, 3.05) is 19.7 Å². The van der Waals surface area contributed by atoms with Crippen molar-refractivity contribution in [1.29, 1.82) is 0 Å². The van der Waals surface area contributed by atoms with Crippen molar-refractivity contribution in [3.8, 4) is 11.5 Å². The number of carbonyl (C=O) groups is 1. The summed E-state index contributed by atoms with van der Waals surface area (Å²) < 4.78 is 11.8. The summed E-state index contributed by atoms with van der Waals surface area (Å²) in [5.41, 5.74) is 0. The smallest absolute Gasteiger partial charge is 0.226 e. The Morgan fingerprint density at radius 2 is 1.88 bits per heavy atom. The maximum atomic E-state index is 12.6. The molecule has 4 heteroatoms. The number of carbonyl (C=O) groups excluding carboxylic acids is 1. The van der Waals surface area contributed by atoms with Crippen LogP contribution in [0.5, 0.6) is 11.5 Å². The molecule has 0 aromatic heterocycles. The molecule has 1 amide bonds. The lowest BCUT2D eigenvalue weighted by atomic mass is 9.92. The van der Waals surface area contributed by atoms with Crippen LogP contribution in [0.2, 0.25) is 0 Å². The Balaban J connectivity index is 1.52. The number of rotatable bonds is 5. The summed E-state index contributed by atoms with van der Waals surface area (Å²) in [7, 11) is 0. The molecule has 1 aromatic rings. The van der Waals surface area contributed by atoms with Gasteiger partial charge in [-0.2, -0.15) is 0 Å². The van der Waals surface area contributed by atoms with Gasteiger partial charge in [-0.3, -0.25) is 4.79 Å². The largest absolute Gasteiger partial charge is 0.490 e. The van der Waals surface area contributed by atoms with Crippen LogP contribution in [0.1, 0.15) is 39.0 Å². The first-order valence-corrected chi connectivity index (χ1v) is 9.10.